The Morgan fingerprint density at radius 3 is 3.05 bits per heavy atom. The monoisotopic (exact) mass is 281 g/mol. The average Bonchev–Trinajstić information content (AvgIpc) is 2.85. The lowest BCUT2D eigenvalue weighted by Gasteiger charge is -2.10. The number of benzene rings is 1. The molecule has 5 nitrogen and oxygen atoms in total. The minimum atomic E-state index is -0.318. The molecule has 1 heterocycles. The Balaban J connectivity index is 1.99. The number of hydrogen-bond acceptors (Lipinski definition) is 5. The first-order valence-electron chi connectivity index (χ1n) is 6.14. The highest BCUT2D eigenvalue weighted by Crippen LogP contribution is 2.23. The van der Waals surface area contributed by atoms with Crippen LogP contribution in [0, 0.1) is 0 Å². The maximum atomic E-state index is 5.90. The lowest BCUT2D eigenvalue weighted by Crippen LogP contribution is -2.13. The zero-order valence-corrected chi connectivity index (χ0v) is 11.6. The van der Waals surface area contributed by atoms with Crippen LogP contribution in [0.3, 0.4) is 0 Å². The summed E-state index contributed by atoms with van der Waals surface area (Å²) >= 11 is 5.90. The SMILES string of the molecule is CCNCc1noc(C(C)Oc2cccc(Cl)c2)n1. The molecule has 0 amide bonds. The van der Waals surface area contributed by atoms with Crippen LogP contribution in [0.2, 0.25) is 5.02 Å². The predicted molar refractivity (Wildman–Crippen MR) is 72.2 cm³/mol. The summed E-state index contributed by atoms with van der Waals surface area (Å²) in [6.07, 6.45) is -0.318. The van der Waals surface area contributed by atoms with Crippen molar-refractivity contribution in [2.45, 2.75) is 26.5 Å². The maximum absolute atomic E-state index is 5.90. The molecule has 0 fully saturated rings. The van der Waals surface area contributed by atoms with Crippen LogP contribution >= 0.6 is 11.6 Å². The summed E-state index contributed by atoms with van der Waals surface area (Å²) in [5.41, 5.74) is 0. The van der Waals surface area contributed by atoms with Crippen LogP contribution in [0.4, 0.5) is 0 Å². The van der Waals surface area contributed by atoms with Crippen LogP contribution in [0.1, 0.15) is 31.7 Å². The van der Waals surface area contributed by atoms with Gasteiger partial charge < -0.3 is 14.6 Å². The van der Waals surface area contributed by atoms with E-state index in [1.165, 1.54) is 0 Å². The third kappa shape index (κ3) is 3.94. The highest BCUT2D eigenvalue weighted by atomic mass is 35.5. The van der Waals surface area contributed by atoms with Crippen molar-refractivity contribution in [2.24, 2.45) is 0 Å². The van der Waals surface area contributed by atoms with Gasteiger partial charge in [-0.15, -0.1) is 0 Å². The van der Waals surface area contributed by atoms with Gasteiger partial charge in [0.05, 0.1) is 6.54 Å². The Morgan fingerprint density at radius 1 is 1.47 bits per heavy atom. The average molecular weight is 282 g/mol. The van der Waals surface area contributed by atoms with E-state index in [9.17, 15) is 0 Å². The van der Waals surface area contributed by atoms with Crippen molar-refractivity contribution in [3.63, 3.8) is 0 Å². The molecule has 2 aromatic rings. The van der Waals surface area contributed by atoms with Gasteiger partial charge in [0.1, 0.15) is 5.75 Å². The van der Waals surface area contributed by atoms with E-state index in [1.54, 1.807) is 12.1 Å². The van der Waals surface area contributed by atoms with Gasteiger partial charge >= 0.3 is 0 Å². The van der Waals surface area contributed by atoms with E-state index in [4.69, 9.17) is 20.9 Å². The smallest absolute Gasteiger partial charge is 0.267 e. The van der Waals surface area contributed by atoms with Crippen molar-refractivity contribution in [3.8, 4) is 5.75 Å². The molecule has 19 heavy (non-hydrogen) atoms. The number of aromatic nitrogens is 2. The third-order valence-electron chi connectivity index (χ3n) is 2.47. The highest BCUT2D eigenvalue weighted by molar-refractivity contribution is 6.30. The number of halogens is 1. The Labute approximate surface area is 116 Å². The topological polar surface area (TPSA) is 60.2 Å². The van der Waals surface area contributed by atoms with E-state index in [0.29, 0.717) is 29.0 Å². The van der Waals surface area contributed by atoms with Crippen LogP contribution in [0.15, 0.2) is 28.8 Å². The fourth-order valence-electron chi connectivity index (χ4n) is 1.54. The fraction of sp³-hybridized carbons (Fsp3) is 0.385. The van der Waals surface area contributed by atoms with Gasteiger partial charge in [0.2, 0.25) is 0 Å². The van der Waals surface area contributed by atoms with Gasteiger partial charge in [-0.3, -0.25) is 0 Å². The standard InChI is InChI=1S/C13H16ClN3O2/c1-3-15-8-12-16-13(19-17-12)9(2)18-11-6-4-5-10(14)7-11/h4-7,9,15H,3,8H2,1-2H3. The first kappa shape index (κ1) is 13.8. The normalized spacial score (nSPS) is 12.4. The number of nitrogens with one attached hydrogen (secondary N) is 1. The number of rotatable bonds is 6. The summed E-state index contributed by atoms with van der Waals surface area (Å²) in [6, 6.07) is 7.20. The van der Waals surface area contributed by atoms with E-state index in [2.05, 4.69) is 15.5 Å². The molecule has 1 aromatic carbocycles. The molecule has 0 aliphatic carbocycles. The highest BCUT2D eigenvalue weighted by Gasteiger charge is 2.15. The van der Waals surface area contributed by atoms with Gasteiger partial charge in [-0.1, -0.05) is 29.7 Å². The van der Waals surface area contributed by atoms with Crippen molar-refractivity contribution >= 4 is 11.6 Å². The predicted octanol–water partition coefficient (Wildman–Crippen LogP) is 2.97. The molecule has 0 saturated carbocycles. The molecule has 102 valence electrons. The summed E-state index contributed by atoms with van der Waals surface area (Å²) in [7, 11) is 0. The Morgan fingerprint density at radius 2 is 2.32 bits per heavy atom. The van der Waals surface area contributed by atoms with E-state index in [0.717, 1.165) is 6.54 Å². The minimum absolute atomic E-state index is 0.318. The van der Waals surface area contributed by atoms with Crippen LogP contribution in [0.5, 0.6) is 5.75 Å². The molecule has 1 unspecified atom stereocenters. The van der Waals surface area contributed by atoms with Crippen molar-refractivity contribution in [2.75, 3.05) is 6.54 Å². The maximum Gasteiger partial charge on any atom is 0.267 e. The number of nitrogens with zero attached hydrogens (tertiary/aromatic N) is 2. The van der Waals surface area contributed by atoms with Crippen molar-refractivity contribution in [1.82, 2.24) is 15.5 Å². The summed E-state index contributed by atoms with van der Waals surface area (Å²) < 4.78 is 10.9. The Bertz CT molecular complexity index is 530. The van der Waals surface area contributed by atoms with Crippen molar-refractivity contribution in [1.29, 1.82) is 0 Å². The minimum Gasteiger partial charge on any atom is -0.481 e. The van der Waals surface area contributed by atoms with Gasteiger partial charge in [0.25, 0.3) is 5.89 Å². The van der Waals surface area contributed by atoms with Gasteiger partial charge in [-0.2, -0.15) is 4.98 Å². The Hall–Kier alpha value is -1.59. The quantitative estimate of drug-likeness (QED) is 0.882. The van der Waals surface area contributed by atoms with Crippen LogP contribution < -0.4 is 10.1 Å². The van der Waals surface area contributed by atoms with Crippen LogP contribution in [-0.2, 0) is 6.54 Å². The van der Waals surface area contributed by atoms with Gasteiger partial charge in [-0.25, -0.2) is 0 Å². The second-order valence-corrected chi connectivity index (χ2v) is 4.48. The van der Waals surface area contributed by atoms with Crippen molar-refractivity contribution < 1.29 is 9.26 Å². The van der Waals surface area contributed by atoms with E-state index < -0.39 is 0 Å². The molecule has 0 bridgehead atoms. The molecule has 0 spiro atoms. The molecule has 0 saturated heterocycles. The van der Waals surface area contributed by atoms with Gasteiger partial charge in [-0.05, 0) is 31.7 Å². The summed E-state index contributed by atoms with van der Waals surface area (Å²) in [5.74, 6) is 1.75. The number of hydrogen-bond donors (Lipinski definition) is 1. The van der Waals surface area contributed by atoms with E-state index in [1.807, 2.05) is 26.0 Å². The summed E-state index contributed by atoms with van der Waals surface area (Å²) in [6.45, 7) is 5.32. The molecule has 1 aromatic heterocycles. The second kappa shape index (κ2) is 6.54. The molecule has 2 rings (SSSR count). The lowest BCUT2D eigenvalue weighted by molar-refractivity contribution is 0.175. The van der Waals surface area contributed by atoms with Gasteiger partial charge in [0, 0.05) is 5.02 Å². The zero-order chi connectivity index (χ0) is 13.7. The second-order valence-electron chi connectivity index (χ2n) is 4.05. The molecule has 0 aliphatic rings. The lowest BCUT2D eigenvalue weighted by atomic mass is 10.3. The van der Waals surface area contributed by atoms with Crippen LogP contribution in [-0.4, -0.2) is 16.7 Å². The third-order valence-corrected chi connectivity index (χ3v) is 2.71. The first-order chi connectivity index (χ1) is 9.19. The molecular formula is C13H16ClN3O2. The molecular weight excluding hydrogens is 266 g/mol. The Kier molecular flexibility index (Phi) is 4.76. The van der Waals surface area contributed by atoms with Crippen molar-refractivity contribution in [3.05, 3.63) is 41.0 Å². The molecule has 1 atom stereocenters. The zero-order valence-electron chi connectivity index (χ0n) is 10.9. The molecule has 6 heteroatoms. The largest absolute Gasteiger partial charge is 0.481 e. The first-order valence-corrected chi connectivity index (χ1v) is 6.52. The summed E-state index contributed by atoms with van der Waals surface area (Å²) in [4.78, 5) is 4.27. The van der Waals surface area contributed by atoms with Crippen LogP contribution in [0.25, 0.3) is 0 Å². The van der Waals surface area contributed by atoms with Gasteiger partial charge in [0.15, 0.2) is 11.9 Å². The molecule has 0 aliphatic heterocycles. The van der Waals surface area contributed by atoms with E-state index in [-0.39, 0.29) is 6.10 Å². The fourth-order valence-corrected chi connectivity index (χ4v) is 1.72. The number of ether oxygens (including phenoxy) is 1. The molecule has 0 radical (unpaired) electrons. The van der Waals surface area contributed by atoms with E-state index >= 15 is 0 Å². The summed E-state index contributed by atoms with van der Waals surface area (Å²) in [5, 5.41) is 7.64. The molecule has 1 N–H and O–H groups in total.